The van der Waals surface area contributed by atoms with Gasteiger partial charge in [0.05, 0.1) is 37.0 Å². The fourth-order valence-corrected chi connectivity index (χ4v) is 3.84. The number of para-hydroxylation sites is 1. The zero-order valence-corrected chi connectivity index (χ0v) is 22.2. The largest absolute Gasteiger partial charge is 0.496 e. The molecular weight excluding hydrogens is 582 g/mol. The Morgan fingerprint density at radius 2 is 1.69 bits per heavy atom. The van der Waals surface area contributed by atoms with Crippen molar-refractivity contribution in [1.29, 1.82) is 0 Å². The standard InChI is InChI=1S/C25H23Br2N3O5/c1-33-21-6-4-3-5-19(21)25(32)28-14-23(31)30-29-13-17-11-20(27)24(22(12-17)34-2)35-15-16-7-9-18(26)10-8-16/h3-13H,14-15H2,1-2H3,(H,28,32)(H,30,31). The van der Waals surface area contributed by atoms with Crippen LogP contribution in [-0.4, -0.2) is 38.8 Å². The average molecular weight is 605 g/mol. The van der Waals surface area contributed by atoms with Crippen LogP contribution in [0.25, 0.3) is 0 Å². The van der Waals surface area contributed by atoms with E-state index >= 15 is 0 Å². The number of amides is 2. The summed E-state index contributed by atoms with van der Waals surface area (Å²) in [5.74, 6) is 0.579. The summed E-state index contributed by atoms with van der Waals surface area (Å²) in [6, 6.07) is 18.1. The van der Waals surface area contributed by atoms with E-state index < -0.39 is 11.8 Å². The molecule has 182 valence electrons. The number of hydrogen-bond acceptors (Lipinski definition) is 6. The number of benzene rings is 3. The summed E-state index contributed by atoms with van der Waals surface area (Å²) in [5, 5.41) is 6.49. The van der Waals surface area contributed by atoms with E-state index in [2.05, 4.69) is 47.7 Å². The zero-order chi connectivity index (χ0) is 25.2. The monoisotopic (exact) mass is 603 g/mol. The molecule has 10 heteroatoms. The molecule has 35 heavy (non-hydrogen) atoms. The Kier molecular flexibility index (Phi) is 9.68. The van der Waals surface area contributed by atoms with Crippen LogP contribution in [0.1, 0.15) is 21.5 Å². The first kappa shape index (κ1) is 26.2. The lowest BCUT2D eigenvalue weighted by Gasteiger charge is -2.13. The van der Waals surface area contributed by atoms with Gasteiger partial charge in [0.2, 0.25) is 0 Å². The number of nitrogens with one attached hydrogen (secondary N) is 2. The minimum atomic E-state index is -0.482. The minimum Gasteiger partial charge on any atom is -0.496 e. The molecule has 3 aromatic carbocycles. The van der Waals surface area contributed by atoms with Crippen LogP contribution in [0.5, 0.6) is 17.2 Å². The highest BCUT2D eigenvalue weighted by molar-refractivity contribution is 9.10. The second-order valence-corrected chi connectivity index (χ2v) is 8.90. The molecule has 0 bridgehead atoms. The Morgan fingerprint density at radius 3 is 2.40 bits per heavy atom. The fraction of sp³-hybridized carbons (Fsp3) is 0.160. The van der Waals surface area contributed by atoms with E-state index in [1.807, 2.05) is 24.3 Å². The van der Waals surface area contributed by atoms with Crippen molar-refractivity contribution < 1.29 is 23.8 Å². The Bertz CT molecular complexity index is 1220. The highest BCUT2D eigenvalue weighted by Gasteiger charge is 2.13. The van der Waals surface area contributed by atoms with Crippen molar-refractivity contribution in [3.63, 3.8) is 0 Å². The van der Waals surface area contributed by atoms with Crippen molar-refractivity contribution in [1.82, 2.24) is 10.7 Å². The second kappa shape index (κ2) is 12.9. The summed E-state index contributed by atoms with van der Waals surface area (Å²) >= 11 is 6.91. The topological polar surface area (TPSA) is 98.2 Å². The maximum atomic E-state index is 12.3. The summed E-state index contributed by atoms with van der Waals surface area (Å²) in [5.41, 5.74) is 4.40. The smallest absolute Gasteiger partial charge is 0.259 e. The van der Waals surface area contributed by atoms with Gasteiger partial charge in [-0.3, -0.25) is 9.59 Å². The number of methoxy groups -OCH3 is 2. The van der Waals surface area contributed by atoms with Crippen molar-refractivity contribution in [2.75, 3.05) is 20.8 Å². The van der Waals surface area contributed by atoms with Gasteiger partial charge in [-0.05, 0) is 63.5 Å². The maximum Gasteiger partial charge on any atom is 0.259 e. The highest BCUT2D eigenvalue weighted by atomic mass is 79.9. The van der Waals surface area contributed by atoms with Gasteiger partial charge < -0.3 is 19.5 Å². The molecule has 0 aromatic heterocycles. The fourth-order valence-electron chi connectivity index (χ4n) is 3.00. The van der Waals surface area contributed by atoms with Crippen LogP contribution in [0.4, 0.5) is 0 Å². The predicted molar refractivity (Wildman–Crippen MR) is 140 cm³/mol. The molecule has 0 saturated heterocycles. The molecule has 0 unspecified atom stereocenters. The number of ether oxygens (including phenoxy) is 3. The lowest BCUT2D eigenvalue weighted by atomic mass is 10.2. The number of carbonyl (C=O) groups is 2. The normalized spacial score (nSPS) is 10.6. The molecule has 2 N–H and O–H groups in total. The SMILES string of the molecule is COc1ccccc1C(=O)NCC(=O)NN=Cc1cc(Br)c(OCc2ccc(Br)cc2)c(OC)c1. The molecule has 2 amide bonds. The van der Waals surface area contributed by atoms with Crippen molar-refractivity contribution >= 4 is 49.9 Å². The molecule has 0 fully saturated rings. The first-order valence-electron chi connectivity index (χ1n) is 10.4. The van der Waals surface area contributed by atoms with Gasteiger partial charge in [0, 0.05) is 4.47 Å². The molecule has 0 aliphatic heterocycles. The molecule has 8 nitrogen and oxygen atoms in total. The summed E-state index contributed by atoms with van der Waals surface area (Å²) in [4.78, 5) is 24.4. The number of hydrogen-bond donors (Lipinski definition) is 2. The van der Waals surface area contributed by atoms with Gasteiger partial charge >= 0.3 is 0 Å². The predicted octanol–water partition coefficient (Wildman–Crippen LogP) is 4.69. The lowest BCUT2D eigenvalue weighted by molar-refractivity contribution is -0.120. The van der Waals surface area contributed by atoms with E-state index in [0.717, 1.165) is 10.0 Å². The molecular formula is C25H23Br2N3O5. The van der Waals surface area contributed by atoms with E-state index in [-0.39, 0.29) is 6.54 Å². The van der Waals surface area contributed by atoms with Crippen molar-refractivity contribution in [2.45, 2.75) is 6.61 Å². The Labute approximate surface area is 219 Å². The number of rotatable bonds is 10. The molecule has 0 aliphatic rings. The first-order valence-corrected chi connectivity index (χ1v) is 12.0. The van der Waals surface area contributed by atoms with Gasteiger partial charge in [0.25, 0.3) is 11.8 Å². The van der Waals surface area contributed by atoms with Crippen LogP contribution in [-0.2, 0) is 11.4 Å². The molecule has 3 aromatic rings. The van der Waals surface area contributed by atoms with Crippen LogP contribution >= 0.6 is 31.9 Å². The molecule has 0 atom stereocenters. The minimum absolute atomic E-state index is 0.246. The van der Waals surface area contributed by atoms with Crippen LogP contribution in [0.15, 0.2) is 74.7 Å². The number of hydrazone groups is 1. The number of nitrogens with zero attached hydrogens (tertiary/aromatic N) is 1. The molecule has 0 heterocycles. The van der Waals surface area contributed by atoms with Crippen molar-refractivity contribution in [3.8, 4) is 17.2 Å². The summed E-state index contributed by atoms with van der Waals surface area (Å²) in [7, 11) is 3.02. The van der Waals surface area contributed by atoms with Crippen LogP contribution < -0.4 is 25.0 Å². The molecule has 0 aliphatic carbocycles. The zero-order valence-electron chi connectivity index (χ0n) is 19.0. The molecule has 0 radical (unpaired) electrons. The molecule has 3 rings (SSSR count). The average Bonchev–Trinajstić information content (AvgIpc) is 2.87. The van der Waals surface area contributed by atoms with Crippen molar-refractivity contribution in [3.05, 3.63) is 86.3 Å². The van der Waals surface area contributed by atoms with E-state index in [1.165, 1.54) is 13.3 Å². The third kappa shape index (κ3) is 7.56. The quantitative estimate of drug-likeness (QED) is 0.258. The maximum absolute atomic E-state index is 12.3. The Morgan fingerprint density at radius 1 is 0.971 bits per heavy atom. The number of halogens is 2. The summed E-state index contributed by atoms with van der Waals surface area (Å²) in [6.07, 6.45) is 1.46. The van der Waals surface area contributed by atoms with Crippen LogP contribution in [0.2, 0.25) is 0 Å². The Balaban J connectivity index is 1.56. The van der Waals surface area contributed by atoms with Gasteiger partial charge in [0.15, 0.2) is 11.5 Å². The summed E-state index contributed by atoms with van der Waals surface area (Å²) < 4.78 is 18.2. The van der Waals surface area contributed by atoms with Gasteiger partial charge in [0.1, 0.15) is 12.4 Å². The highest BCUT2D eigenvalue weighted by Crippen LogP contribution is 2.37. The molecule has 0 spiro atoms. The van der Waals surface area contributed by atoms with E-state index in [0.29, 0.717) is 39.5 Å². The first-order chi connectivity index (χ1) is 16.9. The van der Waals surface area contributed by atoms with Gasteiger partial charge in [-0.25, -0.2) is 5.43 Å². The van der Waals surface area contributed by atoms with Crippen LogP contribution in [0, 0.1) is 0 Å². The third-order valence-electron chi connectivity index (χ3n) is 4.71. The van der Waals surface area contributed by atoms with Gasteiger partial charge in [-0.1, -0.05) is 40.2 Å². The van der Waals surface area contributed by atoms with E-state index in [4.69, 9.17) is 14.2 Å². The third-order valence-corrected chi connectivity index (χ3v) is 5.83. The molecule has 0 saturated carbocycles. The summed E-state index contributed by atoms with van der Waals surface area (Å²) in [6.45, 7) is 0.121. The van der Waals surface area contributed by atoms with Crippen molar-refractivity contribution in [2.24, 2.45) is 5.10 Å². The second-order valence-electron chi connectivity index (χ2n) is 7.13. The number of carbonyl (C=O) groups excluding carboxylic acids is 2. The van der Waals surface area contributed by atoms with Gasteiger partial charge in [-0.15, -0.1) is 0 Å². The van der Waals surface area contributed by atoms with Crippen LogP contribution in [0.3, 0.4) is 0 Å². The van der Waals surface area contributed by atoms with Gasteiger partial charge in [-0.2, -0.15) is 5.10 Å². The van der Waals surface area contributed by atoms with E-state index in [1.54, 1.807) is 43.5 Å². The lowest BCUT2D eigenvalue weighted by Crippen LogP contribution is -2.35. The Hall–Kier alpha value is -3.37. The van der Waals surface area contributed by atoms with E-state index in [9.17, 15) is 9.59 Å².